The van der Waals surface area contributed by atoms with Crippen molar-refractivity contribution in [3.8, 4) is 11.8 Å². The first kappa shape index (κ1) is 13.9. The van der Waals surface area contributed by atoms with Gasteiger partial charge in [-0.2, -0.15) is 5.10 Å². The fourth-order valence-corrected chi connectivity index (χ4v) is 1.90. The fraction of sp³-hybridized carbons (Fsp3) is 0.500. The summed E-state index contributed by atoms with van der Waals surface area (Å²) < 4.78 is 1.27. The van der Waals surface area contributed by atoms with E-state index in [9.17, 15) is 14.4 Å². The summed E-state index contributed by atoms with van der Waals surface area (Å²) in [6.45, 7) is 2.17. The van der Waals surface area contributed by atoms with Gasteiger partial charge in [-0.05, 0) is 6.92 Å². The van der Waals surface area contributed by atoms with Gasteiger partial charge in [0.1, 0.15) is 6.54 Å². The highest BCUT2D eigenvalue weighted by molar-refractivity contribution is 6.01. The number of nitrogens with zero attached hydrogens (tertiary/aromatic N) is 4. The second kappa shape index (κ2) is 5.61. The van der Waals surface area contributed by atoms with E-state index in [0.717, 1.165) is 4.90 Å². The first-order valence-electron chi connectivity index (χ1n) is 6.13. The second-order valence-electron chi connectivity index (χ2n) is 4.36. The fourth-order valence-electron chi connectivity index (χ4n) is 1.90. The number of amides is 3. The number of hydrogen-bond acceptors (Lipinski definition) is 4. The third kappa shape index (κ3) is 2.56. The smallest absolute Gasteiger partial charge is 0.314 e. The lowest BCUT2D eigenvalue weighted by Crippen LogP contribution is -2.34. The molecule has 0 unspecified atom stereocenters. The van der Waals surface area contributed by atoms with Crippen LogP contribution in [0, 0.1) is 11.8 Å². The second-order valence-corrected chi connectivity index (χ2v) is 4.36. The van der Waals surface area contributed by atoms with Crippen LogP contribution in [0.4, 0.5) is 4.79 Å². The quantitative estimate of drug-likeness (QED) is 0.581. The largest absolute Gasteiger partial charge is 0.343 e. The van der Waals surface area contributed by atoms with Crippen LogP contribution in [0.15, 0.2) is 4.79 Å². The van der Waals surface area contributed by atoms with E-state index in [1.807, 2.05) is 0 Å². The molecule has 1 saturated heterocycles. The van der Waals surface area contributed by atoms with Gasteiger partial charge in [0.05, 0.1) is 6.54 Å². The number of carbonyl (C=O) groups is 2. The highest BCUT2D eigenvalue weighted by atomic mass is 16.2. The Morgan fingerprint density at radius 3 is 2.70 bits per heavy atom. The van der Waals surface area contributed by atoms with Crippen LogP contribution in [-0.4, -0.2) is 49.6 Å². The maximum atomic E-state index is 12.1. The van der Waals surface area contributed by atoms with E-state index in [1.165, 1.54) is 16.5 Å². The van der Waals surface area contributed by atoms with Crippen molar-refractivity contribution in [2.75, 3.05) is 13.1 Å². The Morgan fingerprint density at radius 2 is 2.10 bits per heavy atom. The van der Waals surface area contributed by atoms with E-state index in [1.54, 1.807) is 6.92 Å². The van der Waals surface area contributed by atoms with Crippen LogP contribution in [0.2, 0.25) is 0 Å². The highest BCUT2D eigenvalue weighted by Crippen LogP contribution is 2.13. The predicted molar refractivity (Wildman–Crippen MR) is 69.4 cm³/mol. The molecule has 1 aliphatic rings. The standard InChI is InChI=1S/C12H15N5O3/c1-3-4-5-6-16-8-10(18)17(12(16)20)7-9-13-14-11(19)15(9)2/h5-8H2,1-2H3,(H,14,19). The number of hydrogen-bond donors (Lipinski definition) is 1. The normalized spacial score (nSPS) is 14.7. The van der Waals surface area contributed by atoms with Gasteiger partial charge in [-0.25, -0.2) is 14.7 Å². The molecule has 0 spiro atoms. The molecule has 8 nitrogen and oxygen atoms in total. The maximum Gasteiger partial charge on any atom is 0.343 e. The molecule has 8 heteroatoms. The highest BCUT2D eigenvalue weighted by Gasteiger charge is 2.36. The van der Waals surface area contributed by atoms with Gasteiger partial charge in [0.25, 0.3) is 5.91 Å². The van der Waals surface area contributed by atoms with Crippen LogP contribution in [0.1, 0.15) is 19.2 Å². The molecule has 1 aromatic rings. The number of imide groups is 1. The van der Waals surface area contributed by atoms with Crippen LogP contribution >= 0.6 is 0 Å². The molecule has 1 aliphatic heterocycles. The molecular formula is C12H15N5O3. The molecular weight excluding hydrogens is 262 g/mol. The van der Waals surface area contributed by atoms with Gasteiger partial charge in [-0.15, -0.1) is 11.8 Å². The van der Waals surface area contributed by atoms with Crippen molar-refractivity contribution in [3.63, 3.8) is 0 Å². The first-order valence-corrected chi connectivity index (χ1v) is 6.13. The number of rotatable bonds is 4. The van der Waals surface area contributed by atoms with Gasteiger partial charge in [0, 0.05) is 20.0 Å². The molecule has 1 N–H and O–H groups in total. The van der Waals surface area contributed by atoms with Crippen LogP contribution in [-0.2, 0) is 18.4 Å². The van der Waals surface area contributed by atoms with Crippen molar-refractivity contribution in [2.24, 2.45) is 7.05 Å². The Labute approximate surface area is 115 Å². The van der Waals surface area contributed by atoms with Gasteiger partial charge in [0.15, 0.2) is 5.82 Å². The van der Waals surface area contributed by atoms with E-state index >= 15 is 0 Å². The molecule has 20 heavy (non-hydrogen) atoms. The van der Waals surface area contributed by atoms with Gasteiger partial charge in [-0.3, -0.25) is 14.3 Å². The van der Waals surface area contributed by atoms with E-state index in [2.05, 4.69) is 22.0 Å². The van der Waals surface area contributed by atoms with Crippen molar-refractivity contribution in [3.05, 3.63) is 16.3 Å². The number of H-pyrrole nitrogens is 1. The zero-order chi connectivity index (χ0) is 14.7. The summed E-state index contributed by atoms with van der Waals surface area (Å²) in [6.07, 6.45) is 0.532. The minimum absolute atomic E-state index is 0.0110. The molecule has 2 rings (SSSR count). The molecule has 0 atom stereocenters. The topological polar surface area (TPSA) is 91.3 Å². The van der Waals surface area contributed by atoms with Crippen LogP contribution < -0.4 is 5.69 Å². The lowest BCUT2D eigenvalue weighted by molar-refractivity contribution is -0.125. The average Bonchev–Trinajstić information content (AvgIpc) is 2.87. The Balaban J connectivity index is 2.07. The summed E-state index contributed by atoms with van der Waals surface area (Å²) in [5.74, 6) is 5.63. The number of aromatic amines is 1. The van der Waals surface area contributed by atoms with Crippen molar-refractivity contribution >= 4 is 11.9 Å². The number of urea groups is 1. The molecule has 0 bridgehead atoms. The monoisotopic (exact) mass is 277 g/mol. The summed E-state index contributed by atoms with van der Waals surface area (Å²) >= 11 is 0. The Bertz CT molecular complexity index is 648. The third-order valence-corrected chi connectivity index (χ3v) is 3.08. The van der Waals surface area contributed by atoms with E-state index in [-0.39, 0.29) is 30.7 Å². The third-order valence-electron chi connectivity index (χ3n) is 3.08. The molecule has 2 heterocycles. The van der Waals surface area contributed by atoms with Crippen molar-refractivity contribution in [1.29, 1.82) is 0 Å². The van der Waals surface area contributed by atoms with Gasteiger partial charge < -0.3 is 4.90 Å². The maximum absolute atomic E-state index is 12.1. The van der Waals surface area contributed by atoms with E-state index < -0.39 is 0 Å². The molecule has 106 valence electrons. The minimum atomic E-state index is -0.380. The van der Waals surface area contributed by atoms with Gasteiger partial charge >= 0.3 is 11.7 Å². The molecule has 0 radical (unpaired) electrons. The van der Waals surface area contributed by atoms with Crippen molar-refractivity contribution < 1.29 is 9.59 Å². The minimum Gasteiger partial charge on any atom is -0.314 e. The lowest BCUT2D eigenvalue weighted by atomic mass is 10.4. The van der Waals surface area contributed by atoms with E-state index in [0.29, 0.717) is 18.8 Å². The Morgan fingerprint density at radius 1 is 1.35 bits per heavy atom. The summed E-state index contributed by atoms with van der Waals surface area (Å²) in [5, 5.41) is 6.06. The van der Waals surface area contributed by atoms with Gasteiger partial charge in [-0.1, -0.05) is 0 Å². The zero-order valence-electron chi connectivity index (χ0n) is 11.3. The van der Waals surface area contributed by atoms with Crippen molar-refractivity contribution in [2.45, 2.75) is 19.9 Å². The van der Waals surface area contributed by atoms with Crippen LogP contribution in [0.25, 0.3) is 0 Å². The van der Waals surface area contributed by atoms with Crippen LogP contribution in [0.3, 0.4) is 0 Å². The first-order chi connectivity index (χ1) is 9.54. The molecule has 0 saturated carbocycles. The average molecular weight is 277 g/mol. The molecule has 1 aromatic heterocycles. The number of aromatic nitrogens is 3. The summed E-state index contributed by atoms with van der Waals surface area (Å²) in [4.78, 5) is 37.7. The summed E-state index contributed by atoms with van der Waals surface area (Å²) in [6, 6.07) is -0.372. The molecule has 3 amide bonds. The zero-order valence-corrected chi connectivity index (χ0v) is 11.3. The summed E-state index contributed by atoms with van der Waals surface area (Å²) in [5.41, 5.74) is -0.380. The molecule has 0 aliphatic carbocycles. The van der Waals surface area contributed by atoms with E-state index in [4.69, 9.17) is 0 Å². The lowest BCUT2D eigenvalue weighted by Gasteiger charge is -2.15. The van der Waals surface area contributed by atoms with Crippen LogP contribution in [0.5, 0.6) is 0 Å². The van der Waals surface area contributed by atoms with Gasteiger partial charge in [0.2, 0.25) is 0 Å². The molecule has 1 fully saturated rings. The predicted octanol–water partition coefficient (Wildman–Crippen LogP) is -0.714. The van der Waals surface area contributed by atoms with Crippen molar-refractivity contribution in [1.82, 2.24) is 24.6 Å². The Kier molecular flexibility index (Phi) is 3.89. The number of nitrogens with one attached hydrogen (secondary N) is 1. The number of carbonyl (C=O) groups excluding carboxylic acids is 2. The molecule has 0 aromatic carbocycles. The summed E-state index contributed by atoms with van der Waals surface area (Å²) in [7, 11) is 1.53. The Hall–Kier alpha value is -2.56. The SMILES string of the molecule is CC#CCCN1CC(=O)N(Cc2n[nH]c(=O)n2C)C1=O.